The highest BCUT2D eigenvalue weighted by Gasteiger charge is 2.24. The van der Waals surface area contributed by atoms with Gasteiger partial charge in [-0.05, 0) is 61.8 Å². The third-order valence-electron chi connectivity index (χ3n) is 4.50. The average Bonchev–Trinajstić information content (AvgIpc) is 2.46. The Labute approximate surface area is 117 Å². The van der Waals surface area contributed by atoms with Crippen molar-refractivity contribution in [3.63, 3.8) is 0 Å². The van der Waals surface area contributed by atoms with E-state index in [1.807, 2.05) is 0 Å². The lowest BCUT2D eigenvalue weighted by Crippen LogP contribution is -2.29. The minimum Gasteiger partial charge on any atom is -0.496 e. The summed E-state index contributed by atoms with van der Waals surface area (Å²) in [6, 6.07) is 7.42. The zero-order valence-electron chi connectivity index (χ0n) is 12.7. The molecule has 1 aromatic carbocycles. The molecule has 1 N–H and O–H groups in total. The maximum Gasteiger partial charge on any atom is 0.122 e. The molecule has 0 amide bonds. The summed E-state index contributed by atoms with van der Waals surface area (Å²) in [6.07, 6.45) is 5.08. The van der Waals surface area contributed by atoms with E-state index in [2.05, 4.69) is 44.4 Å². The summed E-state index contributed by atoms with van der Waals surface area (Å²) in [5.74, 6) is 2.31. The van der Waals surface area contributed by atoms with Crippen LogP contribution >= 0.6 is 0 Å². The fourth-order valence-electron chi connectivity index (χ4n) is 3.12. The topological polar surface area (TPSA) is 21.3 Å². The van der Waals surface area contributed by atoms with Crippen LogP contribution in [0.25, 0.3) is 0 Å². The zero-order valence-corrected chi connectivity index (χ0v) is 12.7. The van der Waals surface area contributed by atoms with Crippen molar-refractivity contribution in [3.05, 3.63) is 29.3 Å². The quantitative estimate of drug-likeness (QED) is 0.882. The monoisotopic (exact) mass is 261 g/mol. The lowest BCUT2D eigenvalue weighted by molar-refractivity contribution is 0.345. The number of nitrogens with one attached hydrogen (secondary N) is 1. The molecule has 0 saturated heterocycles. The van der Waals surface area contributed by atoms with Gasteiger partial charge in [-0.2, -0.15) is 0 Å². The number of benzene rings is 1. The highest BCUT2D eigenvalue weighted by molar-refractivity contribution is 5.41. The molecule has 106 valence electrons. The first-order valence-corrected chi connectivity index (χ1v) is 7.50. The molecule has 2 heteroatoms. The van der Waals surface area contributed by atoms with Crippen molar-refractivity contribution in [1.82, 2.24) is 5.32 Å². The van der Waals surface area contributed by atoms with Gasteiger partial charge in [0, 0.05) is 6.04 Å². The van der Waals surface area contributed by atoms with Crippen LogP contribution in [0.5, 0.6) is 5.75 Å². The molecule has 0 heterocycles. The van der Waals surface area contributed by atoms with Crippen LogP contribution in [-0.4, -0.2) is 20.2 Å². The van der Waals surface area contributed by atoms with E-state index in [0.717, 1.165) is 5.75 Å². The van der Waals surface area contributed by atoms with E-state index in [9.17, 15) is 0 Å². The minimum atomic E-state index is 0.582. The third-order valence-corrected chi connectivity index (χ3v) is 4.50. The van der Waals surface area contributed by atoms with Gasteiger partial charge in [0.05, 0.1) is 7.11 Å². The fraction of sp³-hybridized carbons (Fsp3) is 0.647. The van der Waals surface area contributed by atoms with Gasteiger partial charge in [-0.15, -0.1) is 0 Å². The molecule has 2 nitrogen and oxygen atoms in total. The molecule has 1 saturated carbocycles. The molecule has 0 aliphatic heterocycles. The van der Waals surface area contributed by atoms with Gasteiger partial charge < -0.3 is 10.1 Å². The van der Waals surface area contributed by atoms with Crippen LogP contribution < -0.4 is 10.1 Å². The lowest BCUT2D eigenvalue weighted by atomic mass is 9.80. The predicted octanol–water partition coefficient (Wildman–Crippen LogP) is 4.06. The Kier molecular flexibility index (Phi) is 4.87. The van der Waals surface area contributed by atoms with Gasteiger partial charge >= 0.3 is 0 Å². The molecule has 1 aromatic rings. The van der Waals surface area contributed by atoms with Crippen molar-refractivity contribution in [1.29, 1.82) is 0 Å². The highest BCUT2D eigenvalue weighted by atomic mass is 16.5. The smallest absolute Gasteiger partial charge is 0.122 e. The molecular formula is C17H27NO. The zero-order chi connectivity index (χ0) is 13.8. The molecule has 1 aliphatic rings. The lowest BCUT2D eigenvalue weighted by Gasteiger charge is -2.29. The molecule has 1 fully saturated rings. The third kappa shape index (κ3) is 3.30. The minimum absolute atomic E-state index is 0.582. The van der Waals surface area contributed by atoms with E-state index in [4.69, 9.17) is 4.74 Å². The molecule has 0 atom stereocenters. The normalized spacial score (nSPS) is 23.6. The van der Waals surface area contributed by atoms with Crippen molar-refractivity contribution >= 4 is 0 Å². The van der Waals surface area contributed by atoms with E-state index in [1.165, 1.54) is 36.8 Å². The molecule has 0 radical (unpaired) electrons. The molecule has 0 unspecified atom stereocenters. The first-order chi connectivity index (χ1) is 9.15. The van der Waals surface area contributed by atoms with Crippen molar-refractivity contribution in [2.75, 3.05) is 14.2 Å². The van der Waals surface area contributed by atoms with Crippen LogP contribution in [0, 0.1) is 0 Å². The van der Waals surface area contributed by atoms with Crippen molar-refractivity contribution in [2.24, 2.45) is 0 Å². The van der Waals surface area contributed by atoms with Gasteiger partial charge in [0.15, 0.2) is 0 Å². The summed E-state index contributed by atoms with van der Waals surface area (Å²) in [5, 5.41) is 3.40. The predicted molar refractivity (Wildman–Crippen MR) is 81.1 cm³/mol. The van der Waals surface area contributed by atoms with Crippen LogP contribution in [0.2, 0.25) is 0 Å². The first kappa shape index (κ1) is 14.4. The summed E-state index contributed by atoms with van der Waals surface area (Å²) in [7, 11) is 3.86. The maximum atomic E-state index is 5.57. The van der Waals surface area contributed by atoms with E-state index in [1.54, 1.807) is 7.11 Å². The molecular weight excluding hydrogens is 234 g/mol. The molecule has 2 rings (SSSR count). The summed E-state index contributed by atoms with van der Waals surface area (Å²) < 4.78 is 5.57. The van der Waals surface area contributed by atoms with E-state index in [-0.39, 0.29) is 0 Å². The summed E-state index contributed by atoms with van der Waals surface area (Å²) in [5.41, 5.74) is 2.84. The number of hydrogen-bond donors (Lipinski definition) is 1. The second kappa shape index (κ2) is 6.42. The Bertz CT molecular complexity index is 406. The molecule has 0 spiro atoms. The Morgan fingerprint density at radius 2 is 1.84 bits per heavy atom. The summed E-state index contributed by atoms with van der Waals surface area (Å²) >= 11 is 0. The summed E-state index contributed by atoms with van der Waals surface area (Å²) in [4.78, 5) is 0. The van der Waals surface area contributed by atoms with Gasteiger partial charge in [-0.25, -0.2) is 0 Å². The van der Waals surface area contributed by atoms with Crippen molar-refractivity contribution in [2.45, 2.75) is 57.4 Å². The Balaban J connectivity index is 2.20. The average molecular weight is 261 g/mol. The first-order valence-electron chi connectivity index (χ1n) is 7.50. The Morgan fingerprint density at radius 1 is 1.16 bits per heavy atom. The van der Waals surface area contributed by atoms with Crippen LogP contribution in [0.4, 0.5) is 0 Å². The van der Waals surface area contributed by atoms with Gasteiger partial charge in [0.25, 0.3) is 0 Å². The Morgan fingerprint density at radius 3 is 2.37 bits per heavy atom. The number of rotatable bonds is 4. The van der Waals surface area contributed by atoms with Crippen LogP contribution in [0.3, 0.4) is 0 Å². The number of ether oxygens (including phenoxy) is 1. The standard InChI is InChI=1S/C17H27NO/c1-12(2)14-7-10-17(19-4)16(11-14)13-5-8-15(18-3)9-6-13/h7,10-13,15,18H,5-6,8-9H2,1-4H3. The van der Waals surface area contributed by atoms with E-state index >= 15 is 0 Å². The van der Waals surface area contributed by atoms with Crippen LogP contribution in [0.15, 0.2) is 18.2 Å². The van der Waals surface area contributed by atoms with E-state index < -0.39 is 0 Å². The SMILES string of the molecule is CNC1CCC(c2cc(C(C)C)ccc2OC)CC1. The van der Waals surface area contributed by atoms with Gasteiger partial charge in [0.2, 0.25) is 0 Å². The second-order valence-corrected chi connectivity index (χ2v) is 5.99. The highest BCUT2D eigenvalue weighted by Crippen LogP contribution is 2.38. The maximum absolute atomic E-state index is 5.57. The van der Waals surface area contributed by atoms with Crippen LogP contribution in [-0.2, 0) is 0 Å². The largest absolute Gasteiger partial charge is 0.496 e. The van der Waals surface area contributed by atoms with Gasteiger partial charge in [0.1, 0.15) is 5.75 Å². The van der Waals surface area contributed by atoms with Crippen LogP contribution in [0.1, 0.15) is 62.5 Å². The van der Waals surface area contributed by atoms with Crippen molar-refractivity contribution < 1.29 is 4.74 Å². The molecule has 0 aromatic heterocycles. The molecule has 0 bridgehead atoms. The van der Waals surface area contributed by atoms with Gasteiger partial charge in [-0.1, -0.05) is 26.0 Å². The number of methoxy groups -OCH3 is 1. The summed E-state index contributed by atoms with van der Waals surface area (Å²) in [6.45, 7) is 4.51. The number of hydrogen-bond acceptors (Lipinski definition) is 2. The molecule has 1 aliphatic carbocycles. The fourth-order valence-corrected chi connectivity index (χ4v) is 3.12. The van der Waals surface area contributed by atoms with E-state index in [0.29, 0.717) is 17.9 Å². The van der Waals surface area contributed by atoms with Crippen molar-refractivity contribution in [3.8, 4) is 5.75 Å². The molecule has 19 heavy (non-hydrogen) atoms. The van der Waals surface area contributed by atoms with Gasteiger partial charge in [-0.3, -0.25) is 0 Å². The Hall–Kier alpha value is -1.02. The second-order valence-electron chi connectivity index (χ2n) is 5.99.